The molecule has 1 saturated carbocycles. The first-order valence-corrected chi connectivity index (χ1v) is 7.34. The van der Waals surface area contributed by atoms with E-state index in [-0.39, 0.29) is 5.82 Å². The summed E-state index contributed by atoms with van der Waals surface area (Å²) in [4.78, 5) is 0. The SMILES string of the molecule is CC1CCC(CNc2cc(F)c(Br)cc2N)CC1. The lowest BCUT2D eigenvalue weighted by molar-refractivity contribution is 0.300. The number of hydrogen-bond acceptors (Lipinski definition) is 2. The number of halogens is 2. The molecule has 0 aliphatic heterocycles. The molecule has 0 bridgehead atoms. The van der Waals surface area contributed by atoms with Gasteiger partial charge in [-0.15, -0.1) is 0 Å². The van der Waals surface area contributed by atoms with E-state index in [2.05, 4.69) is 28.2 Å². The van der Waals surface area contributed by atoms with Crippen LogP contribution in [0.2, 0.25) is 0 Å². The van der Waals surface area contributed by atoms with Gasteiger partial charge in [-0.25, -0.2) is 4.39 Å². The molecule has 4 heteroatoms. The average Bonchev–Trinajstić information content (AvgIpc) is 2.34. The van der Waals surface area contributed by atoms with E-state index >= 15 is 0 Å². The largest absolute Gasteiger partial charge is 0.397 e. The third-order valence-corrected chi connectivity index (χ3v) is 4.42. The first kappa shape index (κ1) is 13.7. The van der Waals surface area contributed by atoms with Gasteiger partial charge in [0.1, 0.15) is 5.82 Å². The zero-order valence-corrected chi connectivity index (χ0v) is 12.3. The van der Waals surface area contributed by atoms with E-state index in [0.717, 1.165) is 12.5 Å². The molecule has 0 heterocycles. The topological polar surface area (TPSA) is 38.0 Å². The first-order chi connectivity index (χ1) is 8.56. The molecule has 3 N–H and O–H groups in total. The smallest absolute Gasteiger partial charge is 0.139 e. The van der Waals surface area contributed by atoms with Gasteiger partial charge in [-0.3, -0.25) is 0 Å². The molecule has 0 unspecified atom stereocenters. The molecule has 1 fully saturated rings. The van der Waals surface area contributed by atoms with Gasteiger partial charge in [0.05, 0.1) is 15.8 Å². The first-order valence-electron chi connectivity index (χ1n) is 6.54. The number of nitrogens with one attached hydrogen (secondary N) is 1. The molecule has 0 amide bonds. The molecule has 2 nitrogen and oxygen atoms in total. The lowest BCUT2D eigenvalue weighted by atomic mass is 9.83. The van der Waals surface area contributed by atoms with Gasteiger partial charge in [-0.2, -0.15) is 0 Å². The Bertz CT molecular complexity index is 415. The molecule has 0 saturated heterocycles. The zero-order valence-electron chi connectivity index (χ0n) is 10.7. The molecule has 0 radical (unpaired) electrons. The van der Waals surface area contributed by atoms with Gasteiger partial charge in [0.15, 0.2) is 0 Å². The summed E-state index contributed by atoms with van der Waals surface area (Å²) < 4.78 is 13.8. The van der Waals surface area contributed by atoms with Crippen LogP contribution in [0.15, 0.2) is 16.6 Å². The van der Waals surface area contributed by atoms with Crippen LogP contribution in [-0.2, 0) is 0 Å². The maximum Gasteiger partial charge on any atom is 0.139 e. The van der Waals surface area contributed by atoms with Crippen LogP contribution >= 0.6 is 15.9 Å². The van der Waals surface area contributed by atoms with Crippen molar-refractivity contribution in [1.82, 2.24) is 0 Å². The summed E-state index contributed by atoms with van der Waals surface area (Å²) in [6.07, 6.45) is 5.12. The van der Waals surface area contributed by atoms with Crippen molar-refractivity contribution in [2.45, 2.75) is 32.6 Å². The van der Waals surface area contributed by atoms with Crippen molar-refractivity contribution < 1.29 is 4.39 Å². The Labute approximate surface area is 116 Å². The molecule has 1 aromatic rings. The molecule has 2 rings (SSSR count). The van der Waals surface area contributed by atoms with E-state index in [0.29, 0.717) is 21.8 Å². The van der Waals surface area contributed by atoms with E-state index < -0.39 is 0 Å². The van der Waals surface area contributed by atoms with Gasteiger partial charge >= 0.3 is 0 Å². The highest BCUT2D eigenvalue weighted by Gasteiger charge is 2.18. The van der Waals surface area contributed by atoms with Crippen LogP contribution in [0.4, 0.5) is 15.8 Å². The number of rotatable bonds is 3. The lowest BCUT2D eigenvalue weighted by Crippen LogP contribution is -2.20. The highest BCUT2D eigenvalue weighted by Crippen LogP contribution is 2.30. The second-order valence-corrected chi connectivity index (χ2v) is 6.21. The molecule has 1 aliphatic rings. The number of benzene rings is 1. The number of nitrogens with two attached hydrogens (primary N) is 1. The Morgan fingerprint density at radius 3 is 2.67 bits per heavy atom. The fourth-order valence-corrected chi connectivity index (χ4v) is 2.86. The molecular weight excluding hydrogens is 295 g/mol. The molecular formula is C14H20BrFN2. The van der Waals surface area contributed by atoms with Crippen molar-refractivity contribution in [3.05, 3.63) is 22.4 Å². The molecule has 0 spiro atoms. The average molecular weight is 315 g/mol. The van der Waals surface area contributed by atoms with Gasteiger partial charge in [0, 0.05) is 12.6 Å². The number of anilines is 2. The third kappa shape index (κ3) is 3.37. The van der Waals surface area contributed by atoms with Crippen LogP contribution < -0.4 is 11.1 Å². The normalized spacial score (nSPS) is 23.9. The van der Waals surface area contributed by atoms with Crippen molar-refractivity contribution >= 4 is 27.3 Å². The van der Waals surface area contributed by atoms with E-state index in [9.17, 15) is 4.39 Å². The highest BCUT2D eigenvalue weighted by molar-refractivity contribution is 9.10. The fraction of sp³-hybridized carbons (Fsp3) is 0.571. The van der Waals surface area contributed by atoms with Gasteiger partial charge in [0.2, 0.25) is 0 Å². The fourth-order valence-electron chi connectivity index (χ4n) is 2.50. The lowest BCUT2D eigenvalue weighted by Gasteiger charge is -2.26. The third-order valence-electron chi connectivity index (χ3n) is 3.81. The standard InChI is InChI=1S/C14H20BrFN2/c1-9-2-4-10(5-3-9)8-18-14-7-12(16)11(15)6-13(14)17/h6-7,9-10,18H,2-5,8,17H2,1H3. The van der Waals surface area contributed by atoms with E-state index in [1.165, 1.54) is 31.7 Å². The van der Waals surface area contributed by atoms with Crippen molar-refractivity contribution in [3.8, 4) is 0 Å². The van der Waals surface area contributed by atoms with E-state index in [4.69, 9.17) is 5.73 Å². The van der Waals surface area contributed by atoms with Crippen molar-refractivity contribution in [1.29, 1.82) is 0 Å². The quantitative estimate of drug-likeness (QED) is 0.811. The van der Waals surface area contributed by atoms with Gasteiger partial charge < -0.3 is 11.1 Å². The maximum atomic E-state index is 13.4. The summed E-state index contributed by atoms with van der Waals surface area (Å²) in [6, 6.07) is 3.07. The second-order valence-electron chi connectivity index (χ2n) is 5.36. The second kappa shape index (κ2) is 5.91. The summed E-state index contributed by atoms with van der Waals surface area (Å²) in [5.41, 5.74) is 7.16. The Balaban J connectivity index is 1.92. The summed E-state index contributed by atoms with van der Waals surface area (Å²) in [5.74, 6) is 1.27. The molecule has 0 atom stereocenters. The maximum absolute atomic E-state index is 13.4. The molecule has 18 heavy (non-hydrogen) atoms. The highest BCUT2D eigenvalue weighted by atomic mass is 79.9. The van der Waals surface area contributed by atoms with Crippen LogP contribution in [-0.4, -0.2) is 6.54 Å². The Hall–Kier alpha value is -0.770. The van der Waals surface area contributed by atoms with Crippen LogP contribution in [0.3, 0.4) is 0 Å². The van der Waals surface area contributed by atoms with Crippen molar-refractivity contribution in [2.24, 2.45) is 11.8 Å². The Morgan fingerprint density at radius 1 is 1.33 bits per heavy atom. The Kier molecular flexibility index (Phi) is 4.49. The van der Waals surface area contributed by atoms with E-state index in [1.54, 1.807) is 6.07 Å². The minimum absolute atomic E-state index is 0.274. The summed E-state index contributed by atoms with van der Waals surface area (Å²) in [5, 5.41) is 3.28. The van der Waals surface area contributed by atoms with Crippen LogP contribution in [0, 0.1) is 17.7 Å². The zero-order chi connectivity index (χ0) is 13.1. The Morgan fingerprint density at radius 2 is 2.00 bits per heavy atom. The predicted octanol–water partition coefficient (Wildman–Crippen LogP) is 4.41. The molecule has 100 valence electrons. The molecule has 0 aromatic heterocycles. The number of nitrogen functional groups attached to an aromatic ring is 1. The van der Waals surface area contributed by atoms with Crippen molar-refractivity contribution in [3.63, 3.8) is 0 Å². The molecule has 1 aromatic carbocycles. The van der Waals surface area contributed by atoms with E-state index in [1.807, 2.05) is 0 Å². The van der Waals surface area contributed by atoms with Crippen LogP contribution in [0.25, 0.3) is 0 Å². The van der Waals surface area contributed by atoms with Crippen LogP contribution in [0.5, 0.6) is 0 Å². The number of hydrogen-bond donors (Lipinski definition) is 2. The minimum Gasteiger partial charge on any atom is -0.397 e. The van der Waals surface area contributed by atoms with Gasteiger partial charge in [-0.05, 0) is 46.7 Å². The monoisotopic (exact) mass is 314 g/mol. The molecule has 1 aliphatic carbocycles. The summed E-state index contributed by atoms with van der Waals surface area (Å²) in [7, 11) is 0. The van der Waals surface area contributed by atoms with Gasteiger partial charge in [0.25, 0.3) is 0 Å². The summed E-state index contributed by atoms with van der Waals surface area (Å²) >= 11 is 3.13. The van der Waals surface area contributed by atoms with Crippen molar-refractivity contribution in [2.75, 3.05) is 17.6 Å². The summed E-state index contributed by atoms with van der Waals surface area (Å²) in [6.45, 7) is 3.20. The van der Waals surface area contributed by atoms with Gasteiger partial charge in [-0.1, -0.05) is 19.8 Å². The predicted molar refractivity (Wildman–Crippen MR) is 78.1 cm³/mol. The van der Waals surface area contributed by atoms with Crippen LogP contribution in [0.1, 0.15) is 32.6 Å². The minimum atomic E-state index is -0.274.